The maximum Gasteiger partial charge on any atom is 0.338 e. The molecule has 18 heavy (non-hydrogen) atoms. The number of rotatable bonds is 3. The lowest BCUT2D eigenvalue weighted by Crippen LogP contribution is -2.25. The monoisotopic (exact) mass is 333 g/mol. The number of hydrogen-bond acceptors (Lipinski definition) is 4. The zero-order valence-corrected chi connectivity index (χ0v) is 11.8. The molecule has 1 aliphatic rings. The Morgan fingerprint density at radius 2 is 2.00 bits per heavy atom. The van der Waals surface area contributed by atoms with Crippen LogP contribution >= 0.6 is 15.9 Å². The molecule has 0 aliphatic heterocycles. The second-order valence-electron chi connectivity index (χ2n) is 4.18. The summed E-state index contributed by atoms with van der Waals surface area (Å²) < 4.78 is 28.2. The Morgan fingerprint density at radius 3 is 2.50 bits per heavy atom. The second-order valence-corrected chi connectivity index (χ2v) is 6.66. The van der Waals surface area contributed by atoms with Gasteiger partial charge in [-0.3, -0.25) is 0 Å². The van der Waals surface area contributed by atoms with E-state index in [1.54, 1.807) is 0 Å². The Bertz CT molecular complexity index is 581. The van der Waals surface area contributed by atoms with Crippen LogP contribution in [0.5, 0.6) is 0 Å². The lowest BCUT2D eigenvalue weighted by Gasteiger charge is -2.25. The van der Waals surface area contributed by atoms with Crippen LogP contribution in [-0.4, -0.2) is 20.5 Å². The van der Waals surface area contributed by atoms with E-state index in [4.69, 9.17) is 9.88 Å². The van der Waals surface area contributed by atoms with Crippen molar-refractivity contribution in [2.45, 2.75) is 30.3 Å². The van der Waals surface area contributed by atoms with Gasteiger partial charge in [0.15, 0.2) is 0 Å². The van der Waals surface area contributed by atoms with E-state index in [9.17, 15) is 13.2 Å². The molecule has 1 aromatic carbocycles. The Kier molecular flexibility index (Phi) is 3.74. The van der Waals surface area contributed by atoms with Crippen LogP contribution in [-0.2, 0) is 14.8 Å². The van der Waals surface area contributed by atoms with Crippen molar-refractivity contribution in [3.63, 3.8) is 0 Å². The minimum absolute atomic E-state index is 0.0468. The van der Waals surface area contributed by atoms with Crippen LogP contribution in [0, 0.1) is 0 Å². The quantitative estimate of drug-likeness (QED) is 0.854. The molecule has 1 fully saturated rings. The fraction of sp³-hybridized carbons (Fsp3) is 0.364. The predicted molar refractivity (Wildman–Crippen MR) is 68.6 cm³/mol. The highest BCUT2D eigenvalue weighted by Crippen LogP contribution is 2.25. The number of hydrogen-bond donors (Lipinski definition) is 1. The minimum atomic E-state index is -3.84. The van der Waals surface area contributed by atoms with Gasteiger partial charge in [0, 0.05) is 4.47 Å². The molecular weight excluding hydrogens is 322 g/mol. The van der Waals surface area contributed by atoms with Gasteiger partial charge in [-0.05, 0) is 37.5 Å². The summed E-state index contributed by atoms with van der Waals surface area (Å²) >= 11 is 3.14. The number of halogens is 1. The number of esters is 1. The molecule has 0 atom stereocenters. The maximum absolute atomic E-state index is 11.8. The molecule has 98 valence electrons. The van der Waals surface area contributed by atoms with Crippen LogP contribution in [0.15, 0.2) is 27.6 Å². The van der Waals surface area contributed by atoms with E-state index in [-0.39, 0.29) is 16.6 Å². The van der Waals surface area contributed by atoms with E-state index in [0.29, 0.717) is 4.47 Å². The fourth-order valence-corrected chi connectivity index (χ4v) is 2.78. The molecule has 0 aromatic heterocycles. The van der Waals surface area contributed by atoms with E-state index in [1.165, 1.54) is 18.2 Å². The number of sulfonamides is 1. The van der Waals surface area contributed by atoms with Crippen molar-refractivity contribution in [2.75, 3.05) is 0 Å². The molecule has 0 bridgehead atoms. The molecule has 0 amide bonds. The van der Waals surface area contributed by atoms with Gasteiger partial charge in [0.2, 0.25) is 10.0 Å². The minimum Gasteiger partial charge on any atom is -0.459 e. The smallest absolute Gasteiger partial charge is 0.338 e. The van der Waals surface area contributed by atoms with Gasteiger partial charge >= 0.3 is 5.97 Å². The number of benzene rings is 1. The largest absolute Gasteiger partial charge is 0.459 e. The number of primary sulfonamides is 1. The topological polar surface area (TPSA) is 86.5 Å². The van der Waals surface area contributed by atoms with Crippen LogP contribution < -0.4 is 5.14 Å². The summed E-state index contributed by atoms with van der Waals surface area (Å²) in [6.45, 7) is 0. The molecule has 0 spiro atoms. The van der Waals surface area contributed by atoms with E-state index in [1.807, 2.05) is 0 Å². The van der Waals surface area contributed by atoms with E-state index in [2.05, 4.69) is 15.9 Å². The van der Waals surface area contributed by atoms with Crippen LogP contribution in [0.3, 0.4) is 0 Å². The molecule has 0 saturated heterocycles. The second kappa shape index (κ2) is 4.99. The third-order valence-corrected chi connectivity index (χ3v) is 4.11. The summed E-state index contributed by atoms with van der Waals surface area (Å²) in [6.07, 6.45) is 2.73. The molecule has 5 nitrogen and oxygen atoms in total. The Morgan fingerprint density at radius 1 is 1.33 bits per heavy atom. The van der Waals surface area contributed by atoms with E-state index in [0.717, 1.165) is 19.3 Å². The van der Waals surface area contributed by atoms with Gasteiger partial charge in [0.25, 0.3) is 0 Å². The third kappa shape index (κ3) is 3.09. The fourth-order valence-electron chi connectivity index (χ4n) is 1.55. The van der Waals surface area contributed by atoms with Crippen molar-refractivity contribution in [1.29, 1.82) is 0 Å². The normalized spacial score (nSPS) is 16.1. The lowest BCUT2D eigenvalue weighted by molar-refractivity contribution is 0.00897. The first-order chi connectivity index (χ1) is 8.36. The summed E-state index contributed by atoms with van der Waals surface area (Å²) in [5.74, 6) is -0.522. The predicted octanol–water partition coefficient (Wildman–Crippen LogP) is 1.81. The van der Waals surface area contributed by atoms with Gasteiger partial charge in [-0.1, -0.05) is 15.9 Å². The van der Waals surface area contributed by atoms with Crippen molar-refractivity contribution >= 4 is 31.9 Å². The highest BCUT2D eigenvalue weighted by atomic mass is 79.9. The van der Waals surface area contributed by atoms with E-state index < -0.39 is 16.0 Å². The Labute approximate surface area is 113 Å². The first-order valence-corrected chi connectivity index (χ1v) is 7.74. The molecule has 2 rings (SSSR count). The molecule has 1 aliphatic carbocycles. The number of nitrogens with two attached hydrogens (primary N) is 1. The number of carbonyl (C=O) groups excluding carboxylic acids is 1. The van der Waals surface area contributed by atoms with E-state index >= 15 is 0 Å². The van der Waals surface area contributed by atoms with Crippen molar-refractivity contribution in [3.8, 4) is 0 Å². The lowest BCUT2D eigenvalue weighted by atomic mass is 9.96. The summed E-state index contributed by atoms with van der Waals surface area (Å²) in [4.78, 5) is 11.7. The zero-order valence-electron chi connectivity index (χ0n) is 9.43. The molecule has 1 saturated carbocycles. The first-order valence-electron chi connectivity index (χ1n) is 5.40. The highest BCUT2D eigenvalue weighted by Gasteiger charge is 2.23. The maximum atomic E-state index is 11.8. The molecule has 0 heterocycles. The van der Waals surface area contributed by atoms with Crippen LogP contribution in [0.1, 0.15) is 29.6 Å². The Hall–Kier alpha value is -0.920. The van der Waals surface area contributed by atoms with Gasteiger partial charge in [-0.2, -0.15) is 0 Å². The van der Waals surface area contributed by atoms with Gasteiger partial charge in [0.05, 0.1) is 10.5 Å². The molecule has 1 aromatic rings. The van der Waals surface area contributed by atoms with Crippen molar-refractivity contribution in [3.05, 3.63) is 28.2 Å². The van der Waals surface area contributed by atoms with Crippen molar-refractivity contribution in [1.82, 2.24) is 0 Å². The Balaban J connectivity index is 2.27. The number of ether oxygens (including phenoxy) is 1. The van der Waals surface area contributed by atoms with Crippen molar-refractivity contribution < 1.29 is 17.9 Å². The van der Waals surface area contributed by atoms with Crippen LogP contribution in [0.25, 0.3) is 0 Å². The molecule has 0 unspecified atom stereocenters. The van der Waals surface area contributed by atoms with Crippen LogP contribution in [0.4, 0.5) is 0 Å². The zero-order chi connectivity index (χ0) is 13.3. The highest BCUT2D eigenvalue weighted by molar-refractivity contribution is 9.10. The third-order valence-electron chi connectivity index (χ3n) is 2.76. The van der Waals surface area contributed by atoms with Gasteiger partial charge < -0.3 is 4.74 Å². The molecule has 2 N–H and O–H groups in total. The van der Waals surface area contributed by atoms with Gasteiger partial charge in [-0.15, -0.1) is 0 Å². The average Bonchev–Trinajstić information content (AvgIpc) is 2.21. The molecule has 0 radical (unpaired) electrons. The summed E-state index contributed by atoms with van der Waals surface area (Å²) in [7, 11) is -3.84. The summed E-state index contributed by atoms with van der Waals surface area (Å²) in [5.41, 5.74) is 0.181. The SMILES string of the molecule is NS(=O)(=O)c1cc(Br)cc(C(=O)OC2CCC2)c1. The summed E-state index contributed by atoms with van der Waals surface area (Å²) in [6, 6.07) is 4.08. The summed E-state index contributed by atoms with van der Waals surface area (Å²) in [5, 5.41) is 5.03. The van der Waals surface area contributed by atoms with Crippen LogP contribution in [0.2, 0.25) is 0 Å². The standard InChI is InChI=1S/C11H12BrNO4S/c12-8-4-7(5-10(6-8)18(13,15)16)11(14)17-9-2-1-3-9/h4-6,9H,1-3H2,(H2,13,15,16). The average molecular weight is 334 g/mol. The van der Waals surface area contributed by atoms with Gasteiger partial charge in [0.1, 0.15) is 6.10 Å². The van der Waals surface area contributed by atoms with Crippen molar-refractivity contribution in [2.24, 2.45) is 5.14 Å². The first kappa shape index (κ1) is 13.5. The van der Waals surface area contributed by atoms with Gasteiger partial charge in [-0.25, -0.2) is 18.4 Å². The molecular formula is C11H12BrNO4S. The number of carbonyl (C=O) groups is 1. The molecule has 7 heteroatoms.